The van der Waals surface area contributed by atoms with Crippen LogP contribution < -0.4 is 5.32 Å². The van der Waals surface area contributed by atoms with Gasteiger partial charge in [0.2, 0.25) is 0 Å². The SMILES string of the molecule is CCOC(CNCc1ccc([N+](=O)[O-])cc1)OCC. The molecule has 0 saturated heterocycles. The highest BCUT2D eigenvalue weighted by Gasteiger charge is 2.07. The van der Waals surface area contributed by atoms with Crippen LogP contribution >= 0.6 is 0 Å². The van der Waals surface area contributed by atoms with Crippen LogP contribution in [0.25, 0.3) is 0 Å². The van der Waals surface area contributed by atoms with Crippen molar-refractivity contribution in [1.29, 1.82) is 0 Å². The van der Waals surface area contributed by atoms with Gasteiger partial charge in [-0.15, -0.1) is 0 Å². The molecule has 1 aromatic carbocycles. The number of hydrogen-bond donors (Lipinski definition) is 1. The van der Waals surface area contributed by atoms with E-state index >= 15 is 0 Å². The van der Waals surface area contributed by atoms with E-state index in [-0.39, 0.29) is 12.0 Å². The largest absolute Gasteiger partial charge is 0.352 e. The minimum absolute atomic E-state index is 0.102. The first-order valence-corrected chi connectivity index (χ1v) is 6.34. The standard InChI is InChI=1S/C13H20N2O4/c1-3-18-13(19-4-2)10-14-9-11-5-7-12(8-6-11)15(16)17/h5-8,13-14H,3-4,9-10H2,1-2H3. The second-order valence-electron chi connectivity index (χ2n) is 3.89. The molecule has 0 unspecified atom stereocenters. The molecule has 0 radical (unpaired) electrons. The molecule has 0 spiro atoms. The van der Waals surface area contributed by atoms with Gasteiger partial charge in [-0.2, -0.15) is 0 Å². The van der Waals surface area contributed by atoms with Crippen LogP contribution in [0.5, 0.6) is 0 Å². The summed E-state index contributed by atoms with van der Waals surface area (Å²) in [4.78, 5) is 10.1. The first-order valence-electron chi connectivity index (χ1n) is 6.34. The van der Waals surface area contributed by atoms with Crippen molar-refractivity contribution >= 4 is 5.69 Å². The highest BCUT2D eigenvalue weighted by atomic mass is 16.7. The molecular weight excluding hydrogens is 248 g/mol. The molecule has 0 heterocycles. The topological polar surface area (TPSA) is 73.6 Å². The molecule has 6 nitrogen and oxygen atoms in total. The summed E-state index contributed by atoms with van der Waals surface area (Å²) in [5.74, 6) is 0. The Bertz CT molecular complexity index is 375. The molecule has 0 aromatic heterocycles. The van der Waals surface area contributed by atoms with Gasteiger partial charge in [0.05, 0.1) is 4.92 Å². The van der Waals surface area contributed by atoms with Crippen molar-refractivity contribution in [2.45, 2.75) is 26.7 Å². The number of nitrogens with zero attached hydrogens (tertiary/aromatic N) is 1. The number of nitro groups is 1. The van der Waals surface area contributed by atoms with Crippen LogP contribution in [0.4, 0.5) is 5.69 Å². The minimum atomic E-state index is -0.405. The third-order valence-corrected chi connectivity index (χ3v) is 2.49. The molecule has 1 rings (SSSR count). The average molecular weight is 268 g/mol. The maximum Gasteiger partial charge on any atom is 0.269 e. The Labute approximate surface area is 112 Å². The quantitative estimate of drug-likeness (QED) is 0.421. The molecule has 0 aliphatic carbocycles. The second-order valence-corrected chi connectivity index (χ2v) is 3.89. The zero-order valence-corrected chi connectivity index (χ0v) is 11.3. The summed E-state index contributed by atoms with van der Waals surface area (Å²) in [5, 5.41) is 13.7. The van der Waals surface area contributed by atoms with Crippen molar-refractivity contribution < 1.29 is 14.4 Å². The van der Waals surface area contributed by atoms with Crippen LogP contribution in [-0.2, 0) is 16.0 Å². The van der Waals surface area contributed by atoms with Gasteiger partial charge in [-0.25, -0.2) is 0 Å². The number of rotatable bonds is 9. The lowest BCUT2D eigenvalue weighted by atomic mass is 10.2. The maximum absolute atomic E-state index is 10.5. The van der Waals surface area contributed by atoms with E-state index in [1.807, 2.05) is 13.8 Å². The summed E-state index contributed by atoms with van der Waals surface area (Å²) >= 11 is 0. The molecule has 106 valence electrons. The zero-order valence-electron chi connectivity index (χ0n) is 11.3. The molecule has 0 aliphatic rings. The molecular formula is C13H20N2O4. The van der Waals surface area contributed by atoms with E-state index in [1.165, 1.54) is 12.1 Å². The number of hydrogen-bond acceptors (Lipinski definition) is 5. The molecule has 1 N–H and O–H groups in total. The smallest absolute Gasteiger partial charge is 0.269 e. The Morgan fingerprint density at radius 1 is 1.21 bits per heavy atom. The normalized spacial score (nSPS) is 10.9. The third kappa shape index (κ3) is 5.78. The fraction of sp³-hybridized carbons (Fsp3) is 0.538. The van der Waals surface area contributed by atoms with Crippen molar-refractivity contribution in [2.75, 3.05) is 19.8 Å². The van der Waals surface area contributed by atoms with Crippen LogP contribution in [-0.4, -0.2) is 31.0 Å². The van der Waals surface area contributed by atoms with Crippen molar-refractivity contribution in [1.82, 2.24) is 5.32 Å². The summed E-state index contributed by atoms with van der Waals surface area (Å²) in [6.07, 6.45) is -0.256. The van der Waals surface area contributed by atoms with E-state index in [4.69, 9.17) is 9.47 Å². The fourth-order valence-corrected chi connectivity index (χ4v) is 1.61. The fourth-order valence-electron chi connectivity index (χ4n) is 1.61. The maximum atomic E-state index is 10.5. The van der Waals surface area contributed by atoms with Crippen LogP contribution in [0.2, 0.25) is 0 Å². The Hall–Kier alpha value is -1.50. The lowest BCUT2D eigenvalue weighted by Gasteiger charge is -2.17. The highest BCUT2D eigenvalue weighted by Crippen LogP contribution is 2.11. The third-order valence-electron chi connectivity index (χ3n) is 2.49. The van der Waals surface area contributed by atoms with Gasteiger partial charge in [0.25, 0.3) is 5.69 Å². The zero-order chi connectivity index (χ0) is 14.1. The first kappa shape index (κ1) is 15.6. The Morgan fingerprint density at radius 2 is 1.79 bits per heavy atom. The van der Waals surface area contributed by atoms with E-state index in [2.05, 4.69) is 5.32 Å². The minimum Gasteiger partial charge on any atom is -0.352 e. The van der Waals surface area contributed by atoms with E-state index in [0.717, 1.165) is 5.56 Å². The Morgan fingerprint density at radius 3 is 2.26 bits per heavy atom. The van der Waals surface area contributed by atoms with Gasteiger partial charge in [-0.05, 0) is 19.4 Å². The van der Waals surface area contributed by atoms with Crippen molar-refractivity contribution in [3.8, 4) is 0 Å². The predicted octanol–water partition coefficient (Wildman–Crippen LogP) is 2.08. The molecule has 0 aliphatic heterocycles. The second kappa shape index (κ2) is 8.58. The van der Waals surface area contributed by atoms with Gasteiger partial charge in [-0.1, -0.05) is 12.1 Å². The molecule has 19 heavy (non-hydrogen) atoms. The molecule has 0 amide bonds. The molecule has 6 heteroatoms. The van der Waals surface area contributed by atoms with Gasteiger partial charge < -0.3 is 14.8 Å². The van der Waals surface area contributed by atoms with Crippen LogP contribution in [0.3, 0.4) is 0 Å². The van der Waals surface area contributed by atoms with Gasteiger partial charge in [-0.3, -0.25) is 10.1 Å². The molecule has 1 aromatic rings. The molecule has 0 saturated carbocycles. The van der Waals surface area contributed by atoms with Gasteiger partial charge >= 0.3 is 0 Å². The van der Waals surface area contributed by atoms with Crippen molar-refractivity contribution in [3.05, 3.63) is 39.9 Å². The van der Waals surface area contributed by atoms with Crippen molar-refractivity contribution in [3.63, 3.8) is 0 Å². The predicted molar refractivity (Wildman–Crippen MR) is 71.8 cm³/mol. The number of nitro benzene ring substituents is 1. The van der Waals surface area contributed by atoms with Crippen molar-refractivity contribution in [2.24, 2.45) is 0 Å². The van der Waals surface area contributed by atoms with Gasteiger partial charge in [0.15, 0.2) is 6.29 Å². The lowest BCUT2D eigenvalue weighted by molar-refractivity contribution is -0.384. The van der Waals surface area contributed by atoms with Crippen LogP contribution in [0, 0.1) is 10.1 Å². The lowest BCUT2D eigenvalue weighted by Crippen LogP contribution is -2.31. The highest BCUT2D eigenvalue weighted by molar-refractivity contribution is 5.32. The van der Waals surface area contributed by atoms with Gasteiger partial charge in [0, 0.05) is 38.4 Å². The summed E-state index contributed by atoms with van der Waals surface area (Å²) in [6, 6.07) is 6.47. The number of ether oxygens (including phenoxy) is 2. The van der Waals surface area contributed by atoms with E-state index in [1.54, 1.807) is 12.1 Å². The molecule has 0 bridgehead atoms. The van der Waals surface area contributed by atoms with E-state index in [9.17, 15) is 10.1 Å². The Balaban J connectivity index is 2.37. The summed E-state index contributed by atoms with van der Waals surface area (Å²) in [7, 11) is 0. The number of nitrogens with one attached hydrogen (secondary N) is 1. The average Bonchev–Trinajstić information content (AvgIpc) is 2.40. The van der Waals surface area contributed by atoms with Crippen LogP contribution in [0.15, 0.2) is 24.3 Å². The monoisotopic (exact) mass is 268 g/mol. The number of non-ortho nitro benzene ring substituents is 1. The summed E-state index contributed by atoms with van der Waals surface area (Å²) in [6.45, 7) is 6.24. The van der Waals surface area contributed by atoms with Gasteiger partial charge in [0.1, 0.15) is 0 Å². The number of benzene rings is 1. The first-order chi connectivity index (χ1) is 9.17. The Kier molecular flexibility index (Phi) is 7.02. The summed E-state index contributed by atoms with van der Waals surface area (Å²) in [5.41, 5.74) is 1.09. The molecule has 0 fully saturated rings. The van der Waals surface area contributed by atoms with E-state index < -0.39 is 4.92 Å². The molecule has 0 atom stereocenters. The van der Waals surface area contributed by atoms with Crippen LogP contribution in [0.1, 0.15) is 19.4 Å². The summed E-state index contributed by atoms with van der Waals surface area (Å²) < 4.78 is 10.8. The van der Waals surface area contributed by atoms with E-state index in [0.29, 0.717) is 26.3 Å².